The highest BCUT2D eigenvalue weighted by Gasteiger charge is 2.23. The van der Waals surface area contributed by atoms with E-state index in [1.807, 2.05) is 20.2 Å². The summed E-state index contributed by atoms with van der Waals surface area (Å²) in [7, 11) is 1.84. The summed E-state index contributed by atoms with van der Waals surface area (Å²) in [4.78, 5) is 22.5. The van der Waals surface area contributed by atoms with Crippen molar-refractivity contribution < 1.29 is 4.79 Å². The highest BCUT2D eigenvalue weighted by atomic mass is 16.2. The number of aryl methyl sites for hydroxylation is 3. The van der Waals surface area contributed by atoms with Gasteiger partial charge in [0.1, 0.15) is 0 Å². The molecule has 0 saturated heterocycles. The molecule has 1 aliphatic heterocycles. The molecule has 0 unspecified atom stereocenters. The molecule has 0 radical (unpaired) electrons. The fourth-order valence-corrected chi connectivity index (χ4v) is 4.19. The second-order valence-electron chi connectivity index (χ2n) is 7.49. The summed E-state index contributed by atoms with van der Waals surface area (Å²) >= 11 is 0. The van der Waals surface area contributed by atoms with Crippen LogP contribution >= 0.6 is 0 Å². The second kappa shape index (κ2) is 6.37. The quantitative estimate of drug-likeness (QED) is 0.592. The zero-order valence-electron chi connectivity index (χ0n) is 16.1. The Balaban J connectivity index is 1.62. The van der Waals surface area contributed by atoms with Gasteiger partial charge in [-0.15, -0.1) is 0 Å². The van der Waals surface area contributed by atoms with E-state index in [1.165, 1.54) is 16.8 Å². The largest absolute Gasteiger partial charge is 0.348 e. The molecule has 3 heterocycles. The molecule has 1 aliphatic rings. The van der Waals surface area contributed by atoms with Gasteiger partial charge < -0.3 is 14.5 Å². The first kappa shape index (κ1) is 16.8. The number of rotatable bonds is 3. The van der Waals surface area contributed by atoms with Crippen molar-refractivity contribution in [2.24, 2.45) is 0 Å². The number of carbonyl (C=O) groups excluding carboxylic acids is 1. The smallest absolute Gasteiger partial charge is 0.256 e. The van der Waals surface area contributed by atoms with Crippen LogP contribution in [0.25, 0.3) is 16.6 Å². The molecular weight excluding hydrogens is 348 g/mol. The van der Waals surface area contributed by atoms with Crippen LogP contribution in [0.1, 0.15) is 32.9 Å². The van der Waals surface area contributed by atoms with Crippen LogP contribution in [0.5, 0.6) is 0 Å². The van der Waals surface area contributed by atoms with Gasteiger partial charge in [0.05, 0.1) is 29.6 Å². The van der Waals surface area contributed by atoms with Gasteiger partial charge in [-0.2, -0.15) is 0 Å². The molecule has 0 fully saturated rings. The zero-order chi connectivity index (χ0) is 19.3. The number of benzene rings is 2. The Morgan fingerprint density at radius 3 is 2.75 bits per heavy atom. The van der Waals surface area contributed by atoms with Gasteiger partial charge in [0.15, 0.2) is 0 Å². The van der Waals surface area contributed by atoms with E-state index in [0.717, 1.165) is 40.7 Å². The minimum atomic E-state index is 0.0151. The van der Waals surface area contributed by atoms with E-state index in [-0.39, 0.29) is 5.91 Å². The molecule has 0 spiro atoms. The van der Waals surface area contributed by atoms with Crippen molar-refractivity contribution in [3.63, 3.8) is 0 Å². The van der Waals surface area contributed by atoms with Gasteiger partial charge in [-0.25, -0.2) is 4.98 Å². The van der Waals surface area contributed by atoms with Crippen LogP contribution in [0.15, 0.2) is 55.0 Å². The third kappa shape index (κ3) is 2.54. The van der Waals surface area contributed by atoms with E-state index in [2.05, 4.69) is 57.0 Å². The standard InChI is InChI=1S/C23H22N4O/c1-15-20(25-14-24-15)13-26(2)23(28)19-12-27-21-9-4-3-6-16(21)10-11-17-7-5-8-18(19)22(17)27/h3-9,12,14H,10-11,13H2,1-2H3,(H,24,25). The van der Waals surface area contributed by atoms with E-state index in [9.17, 15) is 4.79 Å². The molecule has 2 aromatic heterocycles. The lowest BCUT2D eigenvalue weighted by Gasteiger charge is -2.16. The molecule has 2 aromatic carbocycles. The van der Waals surface area contributed by atoms with Crippen LogP contribution in [0.2, 0.25) is 0 Å². The highest BCUT2D eigenvalue weighted by Crippen LogP contribution is 2.33. The molecule has 1 amide bonds. The van der Waals surface area contributed by atoms with Crippen molar-refractivity contribution in [2.45, 2.75) is 26.3 Å². The average molecular weight is 370 g/mol. The molecule has 140 valence electrons. The van der Waals surface area contributed by atoms with Crippen LogP contribution < -0.4 is 0 Å². The number of nitrogens with zero attached hydrogens (tertiary/aromatic N) is 3. The Morgan fingerprint density at radius 1 is 1.14 bits per heavy atom. The molecule has 1 N–H and O–H groups in total. The van der Waals surface area contributed by atoms with Crippen LogP contribution in [0.4, 0.5) is 0 Å². The minimum absolute atomic E-state index is 0.0151. The Kier molecular flexibility index (Phi) is 3.83. The Bertz CT molecular complexity index is 1200. The van der Waals surface area contributed by atoms with Crippen molar-refractivity contribution in [1.82, 2.24) is 19.4 Å². The molecule has 5 heteroatoms. The lowest BCUT2D eigenvalue weighted by molar-refractivity contribution is 0.0785. The lowest BCUT2D eigenvalue weighted by atomic mass is 10.0. The fourth-order valence-electron chi connectivity index (χ4n) is 4.19. The maximum absolute atomic E-state index is 13.3. The normalized spacial score (nSPS) is 12.6. The first-order valence-electron chi connectivity index (χ1n) is 9.59. The third-order valence-corrected chi connectivity index (χ3v) is 5.72. The molecule has 5 rings (SSSR count). The molecule has 0 aliphatic carbocycles. The van der Waals surface area contributed by atoms with E-state index in [1.54, 1.807) is 11.2 Å². The van der Waals surface area contributed by atoms with Crippen LogP contribution in [0, 0.1) is 6.92 Å². The Labute approximate surface area is 163 Å². The number of fused-ring (bicyclic) bond motifs is 2. The van der Waals surface area contributed by atoms with Gasteiger partial charge in [-0.3, -0.25) is 4.79 Å². The van der Waals surface area contributed by atoms with Crippen molar-refractivity contribution in [2.75, 3.05) is 7.05 Å². The van der Waals surface area contributed by atoms with Gasteiger partial charge in [-0.1, -0.05) is 36.4 Å². The number of aromatic nitrogens is 3. The Morgan fingerprint density at radius 2 is 1.93 bits per heavy atom. The molecule has 5 nitrogen and oxygen atoms in total. The third-order valence-electron chi connectivity index (χ3n) is 5.72. The summed E-state index contributed by atoms with van der Waals surface area (Å²) in [5, 5.41) is 1.02. The van der Waals surface area contributed by atoms with E-state index < -0.39 is 0 Å². The molecule has 28 heavy (non-hydrogen) atoms. The summed E-state index contributed by atoms with van der Waals surface area (Å²) in [6.45, 7) is 2.46. The molecule has 4 aromatic rings. The van der Waals surface area contributed by atoms with Crippen molar-refractivity contribution in [3.05, 3.63) is 83.1 Å². The number of nitrogens with one attached hydrogen (secondary N) is 1. The van der Waals surface area contributed by atoms with Gasteiger partial charge >= 0.3 is 0 Å². The minimum Gasteiger partial charge on any atom is -0.348 e. The topological polar surface area (TPSA) is 53.9 Å². The zero-order valence-corrected chi connectivity index (χ0v) is 16.1. The van der Waals surface area contributed by atoms with Crippen molar-refractivity contribution in [3.8, 4) is 5.69 Å². The Hall–Kier alpha value is -3.34. The number of aromatic amines is 1. The monoisotopic (exact) mass is 370 g/mol. The number of carbonyl (C=O) groups is 1. The molecule has 0 saturated carbocycles. The lowest BCUT2D eigenvalue weighted by Crippen LogP contribution is -2.26. The summed E-state index contributed by atoms with van der Waals surface area (Å²) in [6, 6.07) is 14.8. The van der Waals surface area contributed by atoms with Crippen LogP contribution in [0.3, 0.4) is 0 Å². The number of para-hydroxylation sites is 2. The maximum atomic E-state index is 13.3. The van der Waals surface area contributed by atoms with Crippen LogP contribution in [-0.4, -0.2) is 32.4 Å². The predicted octanol–water partition coefficient (Wildman–Crippen LogP) is 4.03. The summed E-state index contributed by atoms with van der Waals surface area (Å²) in [6.07, 6.45) is 5.67. The summed E-state index contributed by atoms with van der Waals surface area (Å²) in [5.74, 6) is 0.0151. The predicted molar refractivity (Wildman–Crippen MR) is 110 cm³/mol. The number of hydrogen-bond acceptors (Lipinski definition) is 2. The van der Waals surface area contributed by atoms with E-state index >= 15 is 0 Å². The van der Waals surface area contributed by atoms with Gasteiger partial charge in [-0.05, 0) is 37.0 Å². The van der Waals surface area contributed by atoms with Crippen molar-refractivity contribution in [1.29, 1.82) is 0 Å². The van der Waals surface area contributed by atoms with E-state index in [4.69, 9.17) is 0 Å². The fraction of sp³-hybridized carbons (Fsp3) is 0.217. The first-order chi connectivity index (χ1) is 13.6. The number of H-pyrrole nitrogens is 1. The number of hydrogen-bond donors (Lipinski definition) is 1. The van der Waals surface area contributed by atoms with Gasteiger partial charge in [0.25, 0.3) is 5.91 Å². The maximum Gasteiger partial charge on any atom is 0.256 e. The van der Waals surface area contributed by atoms with Gasteiger partial charge in [0, 0.05) is 30.0 Å². The molecule has 0 atom stereocenters. The molecule has 0 bridgehead atoms. The second-order valence-corrected chi connectivity index (χ2v) is 7.49. The number of amides is 1. The van der Waals surface area contributed by atoms with Gasteiger partial charge in [0.2, 0.25) is 0 Å². The summed E-state index contributed by atoms with van der Waals surface area (Å²) < 4.78 is 2.20. The van der Waals surface area contributed by atoms with E-state index in [0.29, 0.717) is 6.54 Å². The van der Waals surface area contributed by atoms with Crippen LogP contribution in [-0.2, 0) is 19.4 Å². The number of imidazole rings is 1. The summed E-state index contributed by atoms with van der Waals surface area (Å²) in [5.41, 5.74) is 7.56. The average Bonchev–Trinajstić information content (AvgIpc) is 3.25. The SMILES string of the molecule is Cc1[nH]cnc1CN(C)C(=O)c1cn2c3c(cccc13)CCc1ccccc1-2. The highest BCUT2D eigenvalue weighted by molar-refractivity contribution is 6.08. The first-order valence-corrected chi connectivity index (χ1v) is 9.59. The molecular formula is C23H22N4O. The van der Waals surface area contributed by atoms with Crippen molar-refractivity contribution >= 4 is 16.8 Å².